The molecular weight excluding hydrogens is 180 g/mol. The lowest BCUT2D eigenvalue weighted by Crippen LogP contribution is -2.24. The summed E-state index contributed by atoms with van der Waals surface area (Å²) in [6.45, 7) is 4.32. The average molecular weight is 200 g/mol. The third kappa shape index (κ3) is 9.22. The number of carbonyl (C=O) groups excluding carboxylic acids is 1. The van der Waals surface area contributed by atoms with Crippen molar-refractivity contribution in [2.24, 2.45) is 5.73 Å². The molecule has 0 fully saturated rings. The van der Waals surface area contributed by atoms with E-state index < -0.39 is 0 Å². The molecule has 0 aromatic carbocycles. The lowest BCUT2D eigenvalue weighted by atomic mass is 10.4. The van der Waals surface area contributed by atoms with Crippen LogP contribution in [0.2, 0.25) is 0 Å². The first-order chi connectivity index (χ1) is 6.81. The molecule has 0 saturated carbocycles. The van der Waals surface area contributed by atoms with Gasteiger partial charge in [0, 0.05) is 26.1 Å². The average Bonchev–Trinajstić information content (AvgIpc) is 2.19. The van der Waals surface area contributed by atoms with E-state index in [-0.39, 0.29) is 5.91 Å². The van der Waals surface area contributed by atoms with Crippen molar-refractivity contribution < 1.29 is 9.53 Å². The Morgan fingerprint density at radius 1 is 1.43 bits per heavy atom. The van der Waals surface area contributed by atoms with Crippen LogP contribution in [-0.2, 0) is 9.53 Å². The zero-order valence-corrected chi connectivity index (χ0v) is 8.79. The molecule has 0 aliphatic rings. The number of carbonyl (C=O) groups is 1. The van der Waals surface area contributed by atoms with Crippen molar-refractivity contribution >= 4 is 5.91 Å². The molecule has 0 aromatic heterocycles. The number of amides is 1. The maximum absolute atomic E-state index is 11.1. The molecule has 0 atom stereocenters. The predicted octanol–water partition coefficient (Wildman–Crippen LogP) is 0.434. The van der Waals surface area contributed by atoms with Crippen molar-refractivity contribution in [1.82, 2.24) is 5.32 Å². The maximum atomic E-state index is 11.1. The molecule has 0 unspecified atom stereocenters. The Morgan fingerprint density at radius 3 is 2.86 bits per heavy atom. The van der Waals surface area contributed by atoms with Crippen LogP contribution in [0.25, 0.3) is 0 Å². The van der Waals surface area contributed by atoms with E-state index in [1.165, 1.54) is 0 Å². The number of nitrogens with one attached hydrogen (secondary N) is 1. The number of hydrogen-bond donors (Lipinski definition) is 2. The van der Waals surface area contributed by atoms with E-state index in [1.54, 1.807) is 0 Å². The molecule has 4 nitrogen and oxygen atoms in total. The summed E-state index contributed by atoms with van der Waals surface area (Å²) in [6.07, 6.45) is 5.07. The SMILES string of the molecule is CCCOCCC(=O)NC/C=C/CN. The molecule has 0 spiro atoms. The molecule has 0 aromatic rings. The van der Waals surface area contributed by atoms with Gasteiger partial charge in [0.1, 0.15) is 0 Å². The summed E-state index contributed by atoms with van der Waals surface area (Å²) in [5.41, 5.74) is 5.24. The second-order valence-corrected chi connectivity index (χ2v) is 2.87. The highest BCUT2D eigenvalue weighted by molar-refractivity contribution is 5.76. The van der Waals surface area contributed by atoms with Crippen LogP contribution in [0.1, 0.15) is 19.8 Å². The van der Waals surface area contributed by atoms with Crippen molar-refractivity contribution in [2.75, 3.05) is 26.3 Å². The van der Waals surface area contributed by atoms with Gasteiger partial charge in [0.05, 0.1) is 6.61 Å². The fourth-order valence-electron chi connectivity index (χ4n) is 0.852. The normalized spacial score (nSPS) is 10.7. The van der Waals surface area contributed by atoms with Gasteiger partial charge in [-0.15, -0.1) is 0 Å². The third-order valence-electron chi connectivity index (χ3n) is 1.54. The topological polar surface area (TPSA) is 64.3 Å². The molecule has 0 rings (SSSR count). The second-order valence-electron chi connectivity index (χ2n) is 2.87. The van der Waals surface area contributed by atoms with Crippen LogP contribution in [0.15, 0.2) is 12.2 Å². The summed E-state index contributed by atoms with van der Waals surface area (Å²) >= 11 is 0. The highest BCUT2D eigenvalue weighted by Gasteiger charge is 1.97. The summed E-state index contributed by atoms with van der Waals surface area (Å²) in [4.78, 5) is 11.1. The fourth-order valence-corrected chi connectivity index (χ4v) is 0.852. The van der Waals surface area contributed by atoms with Crippen molar-refractivity contribution in [3.63, 3.8) is 0 Å². The zero-order chi connectivity index (χ0) is 10.6. The van der Waals surface area contributed by atoms with Crippen LogP contribution in [0.4, 0.5) is 0 Å². The number of rotatable bonds is 8. The summed E-state index contributed by atoms with van der Waals surface area (Å²) in [5, 5.41) is 2.73. The quantitative estimate of drug-likeness (QED) is 0.441. The molecule has 4 heteroatoms. The molecule has 14 heavy (non-hydrogen) atoms. The Labute approximate surface area is 85.5 Å². The molecule has 82 valence electrons. The van der Waals surface area contributed by atoms with Gasteiger partial charge >= 0.3 is 0 Å². The van der Waals surface area contributed by atoms with Crippen molar-refractivity contribution in [3.05, 3.63) is 12.2 Å². The summed E-state index contributed by atoms with van der Waals surface area (Å²) in [6, 6.07) is 0. The zero-order valence-electron chi connectivity index (χ0n) is 8.79. The van der Waals surface area contributed by atoms with E-state index in [4.69, 9.17) is 10.5 Å². The Morgan fingerprint density at radius 2 is 2.21 bits per heavy atom. The largest absolute Gasteiger partial charge is 0.381 e. The van der Waals surface area contributed by atoms with Crippen molar-refractivity contribution in [2.45, 2.75) is 19.8 Å². The maximum Gasteiger partial charge on any atom is 0.222 e. The Hall–Kier alpha value is -0.870. The number of ether oxygens (including phenoxy) is 1. The van der Waals surface area contributed by atoms with E-state index in [2.05, 4.69) is 5.32 Å². The number of hydrogen-bond acceptors (Lipinski definition) is 3. The van der Waals surface area contributed by atoms with Crippen molar-refractivity contribution in [1.29, 1.82) is 0 Å². The molecule has 1 amide bonds. The van der Waals surface area contributed by atoms with Gasteiger partial charge in [-0.05, 0) is 6.42 Å². The minimum atomic E-state index is 0.0165. The van der Waals surface area contributed by atoms with E-state index in [0.29, 0.717) is 26.1 Å². The van der Waals surface area contributed by atoms with Gasteiger partial charge in [-0.3, -0.25) is 4.79 Å². The smallest absolute Gasteiger partial charge is 0.222 e. The Balaban J connectivity index is 3.24. The predicted molar refractivity (Wildman–Crippen MR) is 56.9 cm³/mol. The van der Waals surface area contributed by atoms with Gasteiger partial charge in [-0.25, -0.2) is 0 Å². The van der Waals surface area contributed by atoms with Crippen LogP contribution in [-0.4, -0.2) is 32.2 Å². The Bertz CT molecular complexity index is 170. The Kier molecular flexibility index (Phi) is 9.58. The van der Waals surface area contributed by atoms with Crippen LogP contribution in [0, 0.1) is 0 Å². The number of nitrogens with two attached hydrogens (primary N) is 1. The molecule has 0 heterocycles. The van der Waals surface area contributed by atoms with E-state index in [9.17, 15) is 4.79 Å². The molecule has 0 radical (unpaired) electrons. The van der Waals surface area contributed by atoms with E-state index in [1.807, 2.05) is 19.1 Å². The van der Waals surface area contributed by atoms with Crippen LogP contribution in [0.3, 0.4) is 0 Å². The fraction of sp³-hybridized carbons (Fsp3) is 0.700. The van der Waals surface area contributed by atoms with Gasteiger partial charge in [0.2, 0.25) is 5.91 Å². The van der Waals surface area contributed by atoms with Gasteiger partial charge in [0.15, 0.2) is 0 Å². The summed E-state index contributed by atoms with van der Waals surface area (Å²) in [7, 11) is 0. The van der Waals surface area contributed by atoms with E-state index in [0.717, 1.165) is 13.0 Å². The van der Waals surface area contributed by atoms with Gasteiger partial charge < -0.3 is 15.8 Å². The molecule has 0 aliphatic carbocycles. The summed E-state index contributed by atoms with van der Waals surface area (Å²) in [5.74, 6) is 0.0165. The van der Waals surface area contributed by atoms with Crippen LogP contribution in [0.5, 0.6) is 0 Å². The monoisotopic (exact) mass is 200 g/mol. The van der Waals surface area contributed by atoms with Gasteiger partial charge in [0.25, 0.3) is 0 Å². The van der Waals surface area contributed by atoms with Crippen LogP contribution < -0.4 is 11.1 Å². The minimum absolute atomic E-state index is 0.0165. The third-order valence-corrected chi connectivity index (χ3v) is 1.54. The lowest BCUT2D eigenvalue weighted by Gasteiger charge is -2.02. The first-order valence-electron chi connectivity index (χ1n) is 5.00. The molecule has 0 bridgehead atoms. The molecule has 3 N–H and O–H groups in total. The first-order valence-corrected chi connectivity index (χ1v) is 5.00. The lowest BCUT2D eigenvalue weighted by molar-refractivity contribution is -0.121. The molecular formula is C10H20N2O2. The highest BCUT2D eigenvalue weighted by atomic mass is 16.5. The van der Waals surface area contributed by atoms with Gasteiger partial charge in [-0.2, -0.15) is 0 Å². The first kappa shape index (κ1) is 13.1. The minimum Gasteiger partial charge on any atom is -0.381 e. The van der Waals surface area contributed by atoms with Crippen molar-refractivity contribution in [3.8, 4) is 0 Å². The molecule has 0 aliphatic heterocycles. The summed E-state index contributed by atoms with van der Waals surface area (Å²) < 4.78 is 5.18. The standard InChI is InChI=1S/C10H20N2O2/c1-2-8-14-9-5-10(13)12-7-4-3-6-11/h3-4H,2,5-9,11H2,1H3,(H,12,13)/b4-3+. The highest BCUT2D eigenvalue weighted by Crippen LogP contribution is 1.85. The van der Waals surface area contributed by atoms with E-state index >= 15 is 0 Å². The van der Waals surface area contributed by atoms with Gasteiger partial charge in [-0.1, -0.05) is 19.1 Å². The molecule has 0 saturated heterocycles. The second kappa shape index (κ2) is 10.2. The van der Waals surface area contributed by atoms with Crippen LogP contribution >= 0.6 is 0 Å².